The quantitative estimate of drug-likeness (QED) is 0.794. The molecule has 1 aliphatic rings. The first-order valence-corrected chi connectivity index (χ1v) is 6.58. The second-order valence-electron chi connectivity index (χ2n) is 4.82. The predicted molar refractivity (Wildman–Crippen MR) is 75.7 cm³/mol. The summed E-state index contributed by atoms with van der Waals surface area (Å²) in [6.45, 7) is 3.13. The zero-order valence-electron chi connectivity index (χ0n) is 11.5. The lowest BCUT2D eigenvalue weighted by atomic mass is 10.1. The summed E-state index contributed by atoms with van der Waals surface area (Å²) < 4.78 is 5.34. The van der Waals surface area contributed by atoms with Gasteiger partial charge < -0.3 is 20.3 Å². The third kappa shape index (κ3) is 3.94. The van der Waals surface area contributed by atoms with Gasteiger partial charge in [-0.2, -0.15) is 0 Å². The Balaban J connectivity index is 1.91. The molecule has 1 aliphatic heterocycles. The van der Waals surface area contributed by atoms with Crippen LogP contribution >= 0.6 is 0 Å². The lowest BCUT2D eigenvalue weighted by molar-refractivity contribution is -0.118. The minimum Gasteiger partial charge on any atom is -0.482 e. The molecule has 5 nitrogen and oxygen atoms in total. The maximum Gasteiger partial charge on any atom is 0.262 e. The van der Waals surface area contributed by atoms with Crippen LogP contribution in [0.1, 0.15) is 5.56 Å². The molecule has 1 aromatic carbocycles. The van der Waals surface area contributed by atoms with Gasteiger partial charge in [0.25, 0.3) is 5.91 Å². The van der Waals surface area contributed by atoms with Crippen molar-refractivity contribution in [3.8, 4) is 5.75 Å². The zero-order valence-corrected chi connectivity index (χ0v) is 11.5. The largest absolute Gasteiger partial charge is 0.482 e. The van der Waals surface area contributed by atoms with E-state index in [-0.39, 0.29) is 12.5 Å². The van der Waals surface area contributed by atoms with Crippen molar-refractivity contribution in [1.82, 2.24) is 10.2 Å². The minimum atomic E-state index is -0.0872. The first kappa shape index (κ1) is 13.8. The molecule has 0 saturated carbocycles. The number of anilines is 1. The smallest absolute Gasteiger partial charge is 0.262 e. The molecule has 19 heavy (non-hydrogen) atoms. The number of rotatable bonds is 6. The lowest BCUT2D eigenvalue weighted by Gasteiger charge is -2.20. The van der Waals surface area contributed by atoms with E-state index in [1.807, 2.05) is 19.2 Å². The second kappa shape index (κ2) is 6.54. The first-order chi connectivity index (χ1) is 9.19. The van der Waals surface area contributed by atoms with Gasteiger partial charge in [-0.3, -0.25) is 4.79 Å². The third-order valence-corrected chi connectivity index (χ3v) is 3.20. The Bertz CT molecular complexity index is 448. The summed E-state index contributed by atoms with van der Waals surface area (Å²) in [6, 6.07) is 5.98. The molecule has 1 aromatic rings. The average molecular weight is 263 g/mol. The van der Waals surface area contributed by atoms with E-state index < -0.39 is 0 Å². The van der Waals surface area contributed by atoms with Gasteiger partial charge in [0.15, 0.2) is 6.61 Å². The summed E-state index contributed by atoms with van der Waals surface area (Å²) >= 11 is 0. The highest BCUT2D eigenvalue weighted by Gasteiger charge is 2.15. The van der Waals surface area contributed by atoms with Gasteiger partial charge in [0.1, 0.15) is 5.75 Å². The number of hydrogen-bond acceptors (Lipinski definition) is 4. The van der Waals surface area contributed by atoms with Crippen molar-refractivity contribution in [1.29, 1.82) is 0 Å². The van der Waals surface area contributed by atoms with E-state index in [1.165, 1.54) is 5.56 Å². The SMILES string of the molecule is CNCCN(C)CCc1ccc2c(c1)NC(=O)CO2. The number of carbonyl (C=O) groups excluding carboxylic acids is 1. The molecule has 1 heterocycles. The van der Waals surface area contributed by atoms with Crippen molar-refractivity contribution < 1.29 is 9.53 Å². The molecule has 5 heteroatoms. The van der Waals surface area contributed by atoms with Crippen LogP contribution in [0.2, 0.25) is 0 Å². The number of likely N-dealkylation sites (N-methyl/N-ethyl adjacent to an activating group) is 2. The molecule has 0 radical (unpaired) electrons. The van der Waals surface area contributed by atoms with E-state index in [0.29, 0.717) is 0 Å². The van der Waals surface area contributed by atoms with E-state index in [1.54, 1.807) is 0 Å². The van der Waals surface area contributed by atoms with Gasteiger partial charge >= 0.3 is 0 Å². The molecule has 2 rings (SSSR count). The monoisotopic (exact) mass is 263 g/mol. The van der Waals surface area contributed by atoms with Crippen molar-refractivity contribution in [3.05, 3.63) is 23.8 Å². The highest BCUT2D eigenvalue weighted by molar-refractivity contribution is 5.95. The van der Waals surface area contributed by atoms with Crippen LogP contribution in [-0.4, -0.2) is 51.1 Å². The number of nitrogens with one attached hydrogen (secondary N) is 2. The molecule has 104 valence electrons. The summed E-state index contributed by atoms with van der Waals surface area (Å²) in [5.74, 6) is 0.669. The lowest BCUT2D eigenvalue weighted by Crippen LogP contribution is -2.29. The Labute approximate surface area is 113 Å². The zero-order chi connectivity index (χ0) is 13.7. The maximum absolute atomic E-state index is 11.3. The van der Waals surface area contributed by atoms with Crippen molar-refractivity contribution in [3.63, 3.8) is 0 Å². The first-order valence-electron chi connectivity index (χ1n) is 6.58. The summed E-state index contributed by atoms with van der Waals surface area (Å²) in [5, 5.41) is 5.97. The Morgan fingerprint density at radius 2 is 2.26 bits per heavy atom. The van der Waals surface area contributed by atoms with Gasteiger partial charge in [-0.15, -0.1) is 0 Å². The second-order valence-corrected chi connectivity index (χ2v) is 4.82. The van der Waals surface area contributed by atoms with Crippen LogP contribution in [0, 0.1) is 0 Å². The summed E-state index contributed by atoms with van der Waals surface area (Å²) in [4.78, 5) is 13.6. The van der Waals surface area contributed by atoms with Crippen LogP contribution in [0.15, 0.2) is 18.2 Å². The van der Waals surface area contributed by atoms with Crippen LogP contribution in [0.5, 0.6) is 5.75 Å². The van der Waals surface area contributed by atoms with Crippen molar-refractivity contribution in [2.45, 2.75) is 6.42 Å². The molecule has 0 unspecified atom stereocenters. The molecule has 0 bridgehead atoms. The molecule has 0 fully saturated rings. The molecule has 0 atom stereocenters. The van der Waals surface area contributed by atoms with E-state index in [2.05, 4.69) is 28.6 Å². The topological polar surface area (TPSA) is 53.6 Å². The van der Waals surface area contributed by atoms with Gasteiger partial charge in [-0.1, -0.05) is 6.07 Å². The van der Waals surface area contributed by atoms with Crippen molar-refractivity contribution in [2.75, 3.05) is 45.7 Å². The molecule has 0 spiro atoms. The van der Waals surface area contributed by atoms with Gasteiger partial charge in [-0.25, -0.2) is 0 Å². The van der Waals surface area contributed by atoms with Gasteiger partial charge in [0.2, 0.25) is 0 Å². The van der Waals surface area contributed by atoms with Crippen LogP contribution in [0.4, 0.5) is 5.69 Å². The molecule has 1 amide bonds. The van der Waals surface area contributed by atoms with Gasteiger partial charge in [0, 0.05) is 19.6 Å². The van der Waals surface area contributed by atoms with Crippen molar-refractivity contribution in [2.24, 2.45) is 0 Å². The highest BCUT2D eigenvalue weighted by atomic mass is 16.5. The van der Waals surface area contributed by atoms with E-state index in [9.17, 15) is 4.79 Å². The van der Waals surface area contributed by atoms with Gasteiger partial charge in [-0.05, 0) is 38.2 Å². The van der Waals surface area contributed by atoms with Crippen LogP contribution < -0.4 is 15.4 Å². The fourth-order valence-electron chi connectivity index (χ4n) is 2.02. The molecular formula is C14H21N3O2. The number of benzene rings is 1. The standard InChI is InChI=1S/C14H21N3O2/c1-15-6-8-17(2)7-5-11-3-4-13-12(9-11)16-14(18)10-19-13/h3-4,9,15H,5-8,10H2,1-2H3,(H,16,18). The van der Waals surface area contributed by atoms with E-state index in [0.717, 1.165) is 37.5 Å². The number of amides is 1. The van der Waals surface area contributed by atoms with Crippen LogP contribution in [0.3, 0.4) is 0 Å². The van der Waals surface area contributed by atoms with E-state index >= 15 is 0 Å². The summed E-state index contributed by atoms with van der Waals surface area (Å²) in [7, 11) is 4.07. The molecular weight excluding hydrogens is 242 g/mol. The van der Waals surface area contributed by atoms with Crippen LogP contribution in [0.25, 0.3) is 0 Å². The summed E-state index contributed by atoms with van der Waals surface area (Å²) in [6.07, 6.45) is 0.962. The number of carbonyl (C=O) groups is 1. The average Bonchev–Trinajstić information content (AvgIpc) is 2.42. The number of fused-ring (bicyclic) bond motifs is 1. The predicted octanol–water partition coefficient (Wildman–Crippen LogP) is 0.711. The fraction of sp³-hybridized carbons (Fsp3) is 0.500. The van der Waals surface area contributed by atoms with Gasteiger partial charge in [0.05, 0.1) is 5.69 Å². The number of ether oxygens (including phenoxy) is 1. The number of nitrogens with zero attached hydrogens (tertiary/aromatic N) is 1. The highest BCUT2D eigenvalue weighted by Crippen LogP contribution is 2.28. The fourth-order valence-corrected chi connectivity index (χ4v) is 2.02. The maximum atomic E-state index is 11.3. The Morgan fingerprint density at radius 1 is 1.42 bits per heavy atom. The number of hydrogen-bond donors (Lipinski definition) is 2. The minimum absolute atomic E-state index is 0.0872. The Hall–Kier alpha value is -1.59. The molecule has 0 aliphatic carbocycles. The van der Waals surface area contributed by atoms with Crippen LogP contribution in [-0.2, 0) is 11.2 Å². The third-order valence-electron chi connectivity index (χ3n) is 3.20. The summed E-state index contributed by atoms with van der Waals surface area (Å²) in [5.41, 5.74) is 1.99. The Morgan fingerprint density at radius 3 is 3.05 bits per heavy atom. The normalized spacial score (nSPS) is 13.9. The van der Waals surface area contributed by atoms with Crippen molar-refractivity contribution >= 4 is 11.6 Å². The Kier molecular flexibility index (Phi) is 4.76. The van der Waals surface area contributed by atoms with E-state index in [4.69, 9.17) is 4.74 Å². The molecule has 0 aromatic heterocycles. The molecule has 0 saturated heterocycles. The molecule has 2 N–H and O–H groups in total.